The average molecular weight is 300 g/mol. The molecule has 0 bridgehead atoms. The molecule has 2 fully saturated rings. The first-order valence-electron chi connectivity index (χ1n) is 8.56. The van der Waals surface area contributed by atoms with E-state index in [1.165, 1.54) is 24.8 Å². The number of hydrogen-bond donors (Lipinski definition) is 1. The maximum atomic E-state index is 13.2. The third-order valence-corrected chi connectivity index (χ3v) is 5.47. The van der Waals surface area contributed by atoms with Crippen LogP contribution in [0.2, 0.25) is 0 Å². The van der Waals surface area contributed by atoms with Crippen LogP contribution in [0.1, 0.15) is 37.2 Å². The number of fused-ring (bicyclic) bond motifs is 2. The average Bonchev–Trinajstić information content (AvgIpc) is 2.60. The van der Waals surface area contributed by atoms with Gasteiger partial charge in [0.2, 0.25) is 5.91 Å². The van der Waals surface area contributed by atoms with Crippen molar-refractivity contribution in [2.24, 2.45) is 5.92 Å². The summed E-state index contributed by atoms with van der Waals surface area (Å²) in [4.78, 5) is 15.2. The van der Waals surface area contributed by atoms with Gasteiger partial charge < -0.3 is 15.0 Å². The standard InChI is InChI=1S/C18H24N2O2/c21-18(20-9-11-22-12-10-20)17-13-5-1-3-7-15(13)19-16-8-4-2-6-14(16)17/h1,3,5,7,14,16-17,19H,2,4,6,8-12H2. The second-order valence-electron chi connectivity index (χ2n) is 6.70. The second-order valence-corrected chi connectivity index (χ2v) is 6.70. The summed E-state index contributed by atoms with van der Waals surface area (Å²) in [6, 6.07) is 8.84. The van der Waals surface area contributed by atoms with Gasteiger partial charge in [0.1, 0.15) is 0 Å². The Hall–Kier alpha value is -1.55. The van der Waals surface area contributed by atoms with Crippen LogP contribution in [-0.4, -0.2) is 43.2 Å². The summed E-state index contributed by atoms with van der Waals surface area (Å²) in [6.45, 7) is 2.82. The lowest BCUT2D eigenvalue weighted by Crippen LogP contribution is -2.49. The Bertz CT molecular complexity index is 554. The number of amides is 1. The molecule has 118 valence electrons. The molecule has 0 aromatic heterocycles. The fourth-order valence-electron chi connectivity index (χ4n) is 4.36. The zero-order valence-electron chi connectivity index (χ0n) is 13.0. The molecule has 1 aromatic rings. The summed E-state index contributed by atoms with van der Waals surface area (Å²) in [7, 11) is 0. The lowest BCUT2D eigenvalue weighted by molar-refractivity contribution is -0.138. The minimum atomic E-state index is 0.0286. The summed E-state index contributed by atoms with van der Waals surface area (Å²) in [5, 5.41) is 3.69. The molecule has 2 aliphatic heterocycles. The molecular formula is C18H24N2O2. The number of nitrogens with zero attached hydrogens (tertiary/aromatic N) is 1. The number of hydrogen-bond acceptors (Lipinski definition) is 3. The van der Waals surface area contributed by atoms with E-state index in [4.69, 9.17) is 4.74 Å². The van der Waals surface area contributed by atoms with Gasteiger partial charge in [-0.25, -0.2) is 0 Å². The maximum Gasteiger partial charge on any atom is 0.230 e. The largest absolute Gasteiger partial charge is 0.382 e. The number of morpholine rings is 1. The molecule has 3 unspecified atom stereocenters. The monoisotopic (exact) mass is 300 g/mol. The van der Waals surface area contributed by atoms with Crippen LogP contribution in [-0.2, 0) is 9.53 Å². The van der Waals surface area contributed by atoms with Crippen molar-refractivity contribution in [2.45, 2.75) is 37.6 Å². The lowest BCUT2D eigenvalue weighted by Gasteiger charge is -2.44. The Morgan fingerprint density at radius 2 is 1.91 bits per heavy atom. The molecule has 1 aliphatic carbocycles. The number of rotatable bonds is 1. The molecule has 2 heterocycles. The highest BCUT2D eigenvalue weighted by molar-refractivity contribution is 5.87. The van der Waals surface area contributed by atoms with Crippen molar-refractivity contribution in [3.8, 4) is 0 Å². The number of para-hydroxylation sites is 1. The smallest absolute Gasteiger partial charge is 0.230 e. The highest BCUT2D eigenvalue weighted by Gasteiger charge is 2.43. The first kappa shape index (κ1) is 14.1. The highest BCUT2D eigenvalue weighted by atomic mass is 16.5. The summed E-state index contributed by atoms with van der Waals surface area (Å²) < 4.78 is 5.41. The van der Waals surface area contributed by atoms with E-state index in [-0.39, 0.29) is 5.92 Å². The van der Waals surface area contributed by atoms with Crippen molar-refractivity contribution >= 4 is 11.6 Å². The van der Waals surface area contributed by atoms with E-state index in [0.717, 1.165) is 25.2 Å². The number of anilines is 1. The molecule has 1 saturated carbocycles. The van der Waals surface area contributed by atoms with Crippen LogP contribution in [0.4, 0.5) is 5.69 Å². The van der Waals surface area contributed by atoms with Crippen LogP contribution in [0, 0.1) is 5.92 Å². The Balaban J connectivity index is 1.68. The topological polar surface area (TPSA) is 41.6 Å². The molecule has 1 N–H and O–H groups in total. The summed E-state index contributed by atoms with van der Waals surface area (Å²) in [5.41, 5.74) is 2.36. The van der Waals surface area contributed by atoms with Crippen LogP contribution in [0.5, 0.6) is 0 Å². The predicted molar refractivity (Wildman–Crippen MR) is 86.0 cm³/mol. The zero-order chi connectivity index (χ0) is 14.9. The summed E-state index contributed by atoms with van der Waals surface area (Å²) in [5.74, 6) is 0.786. The predicted octanol–water partition coefficient (Wildman–Crippen LogP) is 2.61. The molecule has 1 saturated heterocycles. The summed E-state index contributed by atoms with van der Waals surface area (Å²) >= 11 is 0. The first-order chi connectivity index (χ1) is 10.8. The number of carbonyl (C=O) groups is 1. The second kappa shape index (κ2) is 5.92. The van der Waals surface area contributed by atoms with E-state index in [9.17, 15) is 4.79 Å². The zero-order valence-corrected chi connectivity index (χ0v) is 13.0. The van der Waals surface area contributed by atoms with Crippen molar-refractivity contribution in [2.75, 3.05) is 31.6 Å². The van der Waals surface area contributed by atoms with Crippen LogP contribution in [0.3, 0.4) is 0 Å². The van der Waals surface area contributed by atoms with E-state index >= 15 is 0 Å². The van der Waals surface area contributed by atoms with Crippen LogP contribution < -0.4 is 5.32 Å². The van der Waals surface area contributed by atoms with E-state index in [1.54, 1.807) is 0 Å². The van der Waals surface area contributed by atoms with Gasteiger partial charge in [0.05, 0.1) is 19.1 Å². The molecule has 22 heavy (non-hydrogen) atoms. The minimum Gasteiger partial charge on any atom is -0.382 e. The molecule has 4 heteroatoms. The SMILES string of the molecule is O=C(C1c2ccccc2NC2CCCCC21)N1CCOCC1. The number of nitrogens with one attached hydrogen (secondary N) is 1. The highest BCUT2D eigenvalue weighted by Crippen LogP contribution is 2.45. The van der Waals surface area contributed by atoms with Gasteiger partial charge in [0.15, 0.2) is 0 Å². The van der Waals surface area contributed by atoms with Crippen LogP contribution >= 0.6 is 0 Å². The van der Waals surface area contributed by atoms with E-state index in [1.807, 2.05) is 4.90 Å². The fourth-order valence-corrected chi connectivity index (χ4v) is 4.36. The van der Waals surface area contributed by atoms with E-state index < -0.39 is 0 Å². The molecule has 0 radical (unpaired) electrons. The minimum absolute atomic E-state index is 0.0286. The molecule has 1 amide bonds. The van der Waals surface area contributed by atoms with Gasteiger partial charge in [0.25, 0.3) is 0 Å². The molecule has 1 aromatic carbocycles. The molecule has 4 nitrogen and oxygen atoms in total. The maximum absolute atomic E-state index is 13.2. The Kier molecular flexibility index (Phi) is 3.78. The van der Waals surface area contributed by atoms with Crippen molar-refractivity contribution in [3.63, 3.8) is 0 Å². The van der Waals surface area contributed by atoms with E-state index in [2.05, 4.69) is 29.6 Å². The van der Waals surface area contributed by atoms with Crippen molar-refractivity contribution in [1.82, 2.24) is 4.90 Å². The summed E-state index contributed by atoms with van der Waals surface area (Å²) in [6.07, 6.45) is 4.87. The molecule has 3 aliphatic rings. The Morgan fingerprint density at radius 1 is 1.14 bits per heavy atom. The number of carbonyl (C=O) groups excluding carboxylic acids is 1. The lowest BCUT2D eigenvalue weighted by atomic mass is 9.70. The van der Waals surface area contributed by atoms with Gasteiger partial charge >= 0.3 is 0 Å². The Morgan fingerprint density at radius 3 is 2.77 bits per heavy atom. The van der Waals surface area contributed by atoms with Crippen molar-refractivity contribution in [3.05, 3.63) is 29.8 Å². The van der Waals surface area contributed by atoms with Crippen LogP contribution in [0.25, 0.3) is 0 Å². The van der Waals surface area contributed by atoms with E-state index in [0.29, 0.717) is 31.1 Å². The number of ether oxygens (including phenoxy) is 1. The molecule has 3 atom stereocenters. The quantitative estimate of drug-likeness (QED) is 0.867. The molecule has 0 spiro atoms. The van der Waals surface area contributed by atoms with Crippen molar-refractivity contribution in [1.29, 1.82) is 0 Å². The third-order valence-electron chi connectivity index (χ3n) is 5.47. The fraction of sp³-hybridized carbons (Fsp3) is 0.611. The number of benzene rings is 1. The van der Waals surface area contributed by atoms with Crippen molar-refractivity contribution < 1.29 is 9.53 Å². The molecular weight excluding hydrogens is 276 g/mol. The van der Waals surface area contributed by atoms with Gasteiger partial charge in [0, 0.05) is 24.8 Å². The van der Waals surface area contributed by atoms with Gasteiger partial charge in [-0.3, -0.25) is 4.79 Å². The first-order valence-corrected chi connectivity index (χ1v) is 8.56. The van der Waals surface area contributed by atoms with Gasteiger partial charge in [-0.1, -0.05) is 31.0 Å². The normalized spacial score (nSPS) is 30.9. The van der Waals surface area contributed by atoms with Crippen LogP contribution in [0.15, 0.2) is 24.3 Å². The Labute approximate surface area is 131 Å². The van der Waals surface area contributed by atoms with Gasteiger partial charge in [-0.2, -0.15) is 0 Å². The third kappa shape index (κ3) is 2.39. The van der Waals surface area contributed by atoms with Gasteiger partial charge in [-0.15, -0.1) is 0 Å². The molecule has 4 rings (SSSR count). The van der Waals surface area contributed by atoms with Gasteiger partial charge in [-0.05, 0) is 30.4 Å².